The summed E-state index contributed by atoms with van der Waals surface area (Å²) in [5.41, 5.74) is 0.388. The first-order chi connectivity index (χ1) is 6.68. The number of aromatic nitrogens is 3. The lowest BCUT2D eigenvalue weighted by Crippen LogP contribution is -2.25. The summed E-state index contributed by atoms with van der Waals surface area (Å²) in [7, 11) is 0. The molecule has 14 heavy (non-hydrogen) atoms. The fourth-order valence-corrected chi connectivity index (χ4v) is 1.39. The Kier molecular flexibility index (Phi) is 2.09. The number of aliphatic hydroxyl groups is 1. The third-order valence-corrected chi connectivity index (χ3v) is 2.00. The Morgan fingerprint density at radius 1 is 1.57 bits per heavy atom. The van der Waals surface area contributed by atoms with Crippen LogP contribution < -0.4 is 5.56 Å². The lowest BCUT2D eigenvalue weighted by atomic mass is 10.4. The van der Waals surface area contributed by atoms with Crippen molar-refractivity contribution in [2.45, 2.75) is 19.6 Å². The Balaban J connectivity index is 2.57. The second kappa shape index (κ2) is 3.26. The molecule has 0 saturated heterocycles. The number of fused-ring (bicyclic) bond motifs is 1. The highest BCUT2D eigenvalue weighted by Gasteiger charge is 2.04. The second-order valence-electron chi connectivity index (χ2n) is 3.27. The molecule has 74 valence electrons. The summed E-state index contributed by atoms with van der Waals surface area (Å²) in [6.45, 7) is 1.95. The van der Waals surface area contributed by atoms with E-state index in [1.807, 2.05) is 0 Å². The first kappa shape index (κ1) is 8.96. The molecule has 0 amide bonds. The third kappa shape index (κ3) is 1.42. The van der Waals surface area contributed by atoms with Gasteiger partial charge in [0.2, 0.25) is 0 Å². The van der Waals surface area contributed by atoms with Crippen LogP contribution in [0.2, 0.25) is 0 Å². The van der Waals surface area contributed by atoms with E-state index in [0.29, 0.717) is 12.1 Å². The van der Waals surface area contributed by atoms with Gasteiger partial charge in [-0.1, -0.05) is 0 Å². The van der Waals surface area contributed by atoms with Crippen molar-refractivity contribution in [2.75, 3.05) is 0 Å². The number of nitrogens with zero attached hydrogens (tertiary/aromatic N) is 3. The Morgan fingerprint density at radius 3 is 3.07 bits per heavy atom. The maximum Gasteiger partial charge on any atom is 0.276 e. The van der Waals surface area contributed by atoms with Crippen molar-refractivity contribution in [1.29, 1.82) is 0 Å². The van der Waals surface area contributed by atoms with E-state index in [0.717, 1.165) is 0 Å². The molecule has 2 rings (SSSR count). The van der Waals surface area contributed by atoms with Gasteiger partial charge in [-0.05, 0) is 13.0 Å². The zero-order chi connectivity index (χ0) is 10.1. The molecule has 2 heterocycles. The van der Waals surface area contributed by atoms with Crippen LogP contribution in [-0.4, -0.2) is 25.4 Å². The smallest absolute Gasteiger partial charge is 0.276 e. The van der Waals surface area contributed by atoms with Crippen LogP contribution in [-0.2, 0) is 6.54 Å². The molecule has 0 aliphatic heterocycles. The molecule has 5 heteroatoms. The van der Waals surface area contributed by atoms with Crippen molar-refractivity contribution < 1.29 is 5.11 Å². The van der Waals surface area contributed by atoms with Crippen LogP contribution in [0.4, 0.5) is 0 Å². The normalized spacial score (nSPS) is 13.3. The van der Waals surface area contributed by atoms with E-state index in [1.165, 1.54) is 9.08 Å². The molecule has 2 aromatic heterocycles. The molecular weight excluding hydrogens is 182 g/mol. The van der Waals surface area contributed by atoms with E-state index in [2.05, 4.69) is 5.10 Å². The fraction of sp³-hybridized carbons (Fsp3) is 0.333. The van der Waals surface area contributed by atoms with Crippen LogP contribution in [0.15, 0.2) is 29.5 Å². The fourth-order valence-electron chi connectivity index (χ4n) is 1.39. The maximum absolute atomic E-state index is 11.7. The molecule has 0 saturated carbocycles. The van der Waals surface area contributed by atoms with Gasteiger partial charge in [-0.3, -0.25) is 4.79 Å². The van der Waals surface area contributed by atoms with Crippen molar-refractivity contribution in [3.05, 3.63) is 35.0 Å². The summed E-state index contributed by atoms with van der Waals surface area (Å²) in [5.74, 6) is 0. The topological polar surface area (TPSA) is 59.5 Å². The molecule has 0 fully saturated rings. The van der Waals surface area contributed by atoms with Gasteiger partial charge in [-0.25, -0.2) is 4.52 Å². The number of rotatable bonds is 2. The van der Waals surface area contributed by atoms with Crippen molar-refractivity contribution in [3.8, 4) is 0 Å². The van der Waals surface area contributed by atoms with Crippen LogP contribution in [0, 0.1) is 0 Å². The van der Waals surface area contributed by atoms with Crippen LogP contribution in [0.25, 0.3) is 5.52 Å². The zero-order valence-corrected chi connectivity index (χ0v) is 7.79. The lowest BCUT2D eigenvalue weighted by molar-refractivity contribution is 0.172. The van der Waals surface area contributed by atoms with Gasteiger partial charge >= 0.3 is 0 Å². The average molecular weight is 193 g/mol. The van der Waals surface area contributed by atoms with E-state index in [4.69, 9.17) is 0 Å². The summed E-state index contributed by atoms with van der Waals surface area (Å²) >= 11 is 0. The summed E-state index contributed by atoms with van der Waals surface area (Å²) in [6, 6.07) is 1.65. The molecule has 0 radical (unpaired) electrons. The van der Waals surface area contributed by atoms with Crippen LogP contribution in [0.3, 0.4) is 0 Å². The van der Waals surface area contributed by atoms with E-state index < -0.39 is 6.10 Å². The Morgan fingerprint density at radius 2 is 2.36 bits per heavy atom. The molecule has 0 aliphatic carbocycles. The van der Waals surface area contributed by atoms with Crippen molar-refractivity contribution >= 4 is 5.52 Å². The minimum absolute atomic E-state index is 0.133. The molecule has 5 nitrogen and oxygen atoms in total. The molecule has 1 N–H and O–H groups in total. The Hall–Kier alpha value is -1.62. The maximum atomic E-state index is 11.7. The molecule has 1 unspecified atom stereocenters. The first-order valence-electron chi connectivity index (χ1n) is 4.39. The van der Waals surface area contributed by atoms with E-state index >= 15 is 0 Å². The molecule has 0 bridgehead atoms. The predicted molar refractivity (Wildman–Crippen MR) is 51.1 cm³/mol. The molecule has 1 atom stereocenters. The van der Waals surface area contributed by atoms with Crippen molar-refractivity contribution in [1.82, 2.24) is 14.2 Å². The summed E-state index contributed by atoms with van der Waals surface area (Å²) in [4.78, 5) is 11.7. The monoisotopic (exact) mass is 193 g/mol. The van der Waals surface area contributed by atoms with Gasteiger partial charge in [0.15, 0.2) is 0 Å². The Bertz CT molecular complexity index is 498. The van der Waals surface area contributed by atoms with Gasteiger partial charge in [0.1, 0.15) is 5.52 Å². The average Bonchev–Trinajstić information content (AvgIpc) is 2.57. The second-order valence-corrected chi connectivity index (χ2v) is 3.27. The van der Waals surface area contributed by atoms with Crippen LogP contribution in [0.1, 0.15) is 6.92 Å². The highest BCUT2D eigenvalue weighted by molar-refractivity contribution is 5.42. The predicted octanol–water partition coefficient (Wildman–Crippen LogP) is -0.123. The first-order valence-corrected chi connectivity index (χ1v) is 4.39. The zero-order valence-electron chi connectivity index (χ0n) is 7.79. The Labute approximate surface area is 80.2 Å². The quantitative estimate of drug-likeness (QED) is 0.723. The highest BCUT2D eigenvalue weighted by atomic mass is 16.3. The summed E-state index contributed by atoms with van der Waals surface area (Å²) in [5, 5.41) is 13.1. The summed E-state index contributed by atoms with van der Waals surface area (Å²) < 4.78 is 2.99. The summed E-state index contributed by atoms with van der Waals surface area (Å²) in [6.07, 6.45) is 4.36. The van der Waals surface area contributed by atoms with E-state index in [1.54, 1.807) is 31.6 Å². The van der Waals surface area contributed by atoms with E-state index in [9.17, 15) is 9.90 Å². The van der Waals surface area contributed by atoms with Crippen molar-refractivity contribution in [2.24, 2.45) is 0 Å². The van der Waals surface area contributed by atoms with Gasteiger partial charge in [0, 0.05) is 12.4 Å². The minimum Gasteiger partial charge on any atom is -0.392 e. The van der Waals surface area contributed by atoms with Gasteiger partial charge < -0.3 is 9.67 Å². The van der Waals surface area contributed by atoms with Crippen molar-refractivity contribution in [3.63, 3.8) is 0 Å². The largest absolute Gasteiger partial charge is 0.392 e. The van der Waals surface area contributed by atoms with Gasteiger partial charge in [0.05, 0.1) is 18.8 Å². The molecular formula is C9H11N3O2. The number of hydrogen-bond acceptors (Lipinski definition) is 3. The van der Waals surface area contributed by atoms with Gasteiger partial charge in [-0.15, -0.1) is 0 Å². The number of hydrogen-bond donors (Lipinski definition) is 1. The van der Waals surface area contributed by atoms with Gasteiger partial charge in [-0.2, -0.15) is 5.10 Å². The minimum atomic E-state index is -0.530. The molecule has 2 aromatic rings. The lowest BCUT2D eigenvalue weighted by Gasteiger charge is -2.07. The van der Waals surface area contributed by atoms with Crippen LogP contribution in [0.5, 0.6) is 0 Å². The number of aliphatic hydroxyl groups excluding tert-OH is 1. The molecule has 0 aromatic carbocycles. The standard InChI is InChI=1S/C9H11N3O2/c1-7(13)6-11-4-5-12-8(9(11)14)2-3-10-12/h2-5,7,13H,6H2,1H3. The van der Waals surface area contributed by atoms with Gasteiger partial charge in [0.25, 0.3) is 5.56 Å². The van der Waals surface area contributed by atoms with Crippen LogP contribution >= 0.6 is 0 Å². The highest BCUT2D eigenvalue weighted by Crippen LogP contribution is 1.95. The third-order valence-electron chi connectivity index (χ3n) is 2.00. The molecule has 0 aliphatic rings. The molecule has 0 spiro atoms. The van der Waals surface area contributed by atoms with E-state index in [-0.39, 0.29) is 5.56 Å². The SMILES string of the molecule is CC(O)Cn1ccn2nccc2c1=O.